The predicted octanol–water partition coefficient (Wildman–Crippen LogP) is 2.88. The topological polar surface area (TPSA) is 39.9 Å². The maximum Gasteiger partial charge on any atom is 0.164 e. The number of hydrogen-bond donors (Lipinski definition) is 0. The minimum Gasteiger partial charge on any atom is -0.485 e. The Labute approximate surface area is 108 Å². The van der Waals surface area contributed by atoms with Crippen molar-refractivity contribution < 1.29 is 4.74 Å². The molecule has 0 amide bonds. The van der Waals surface area contributed by atoms with E-state index in [1.165, 1.54) is 5.56 Å². The molecule has 0 aliphatic carbocycles. The maximum absolute atomic E-state index is 5.80. The quantitative estimate of drug-likeness (QED) is 0.813. The molecule has 0 aliphatic heterocycles. The van der Waals surface area contributed by atoms with Gasteiger partial charge in [0.1, 0.15) is 18.7 Å². The van der Waals surface area contributed by atoms with Gasteiger partial charge in [0, 0.05) is 6.54 Å². The highest BCUT2D eigenvalue weighted by Gasteiger charge is 2.05. The van der Waals surface area contributed by atoms with Crippen LogP contribution in [-0.2, 0) is 13.2 Å². The summed E-state index contributed by atoms with van der Waals surface area (Å²) in [5.41, 5.74) is 2.39. The third-order valence-corrected chi connectivity index (χ3v) is 2.82. The number of aromatic nitrogens is 3. The minimum atomic E-state index is 0.462. The van der Waals surface area contributed by atoms with E-state index in [9.17, 15) is 0 Å². The lowest BCUT2D eigenvalue weighted by molar-refractivity contribution is 0.284. The van der Waals surface area contributed by atoms with Gasteiger partial charge in [0.15, 0.2) is 5.82 Å². The van der Waals surface area contributed by atoms with E-state index in [0.29, 0.717) is 6.61 Å². The molecule has 1 aromatic heterocycles. The summed E-state index contributed by atoms with van der Waals surface area (Å²) in [5.74, 6) is 1.78. The zero-order valence-corrected chi connectivity index (χ0v) is 11.2. The Morgan fingerprint density at radius 2 is 2.11 bits per heavy atom. The zero-order valence-electron chi connectivity index (χ0n) is 11.2. The van der Waals surface area contributed by atoms with Gasteiger partial charge in [-0.25, -0.2) is 9.67 Å². The largest absolute Gasteiger partial charge is 0.485 e. The summed E-state index contributed by atoms with van der Waals surface area (Å²) >= 11 is 0. The average Bonchev–Trinajstić information content (AvgIpc) is 2.76. The highest BCUT2D eigenvalue weighted by molar-refractivity contribution is 5.35. The average molecular weight is 245 g/mol. The molecule has 4 nitrogen and oxygen atoms in total. The second-order valence-electron chi connectivity index (χ2n) is 4.46. The van der Waals surface area contributed by atoms with Crippen LogP contribution in [-0.4, -0.2) is 14.8 Å². The molecular formula is C14H19N3O. The molecule has 2 aromatic rings. The van der Waals surface area contributed by atoms with E-state index in [-0.39, 0.29) is 0 Å². The highest BCUT2D eigenvalue weighted by Crippen LogP contribution is 2.19. The van der Waals surface area contributed by atoms with Gasteiger partial charge in [-0.05, 0) is 31.9 Å². The van der Waals surface area contributed by atoms with E-state index in [1.54, 1.807) is 6.33 Å². The van der Waals surface area contributed by atoms with Crippen LogP contribution < -0.4 is 4.74 Å². The molecule has 0 saturated carbocycles. The molecule has 0 spiro atoms. The van der Waals surface area contributed by atoms with E-state index in [4.69, 9.17) is 4.74 Å². The first-order valence-electron chi connectivity index (χ1n) is 6.27. The van der Waals surface area contributed by atoms with Crippen LogP contribution >= 0.6 is 0 Å². The minimum absolute atomic E-state index is 0.462. The number of hydrogen-bond acceptors (Lipinski definition) is 3. The second kappa shape index (κ2) is 5.67. The molecule has 0 atom stereocenters. The maximum atomic E-state index is 5.80. The van der Waals surface area contributed by atoms with Gasteiger partial charge in [0.05, 0.1) is 0 Å². The van der Waals surface area contributed by atoms with E-state index in [1.807, 2.05) is 10.7 Å². The second-order valence-corrected chi connectivity index (χ2v) is 4.46. The van der Waals surface area contributed by atoms with Gasteiger partial charge in [0.25, 0.3) is 0 Å². The van der Waals surface area contributed by atoms with Crippen LogP contribution in [0, 0.1) is 13.8 Å². The van der Waals surface area contributed by atoms with Gasteiger partial charge in [-0.15, -0.1) is 0 Å². The van der Waals surface area contributed by atoms with Gasteiger partial charge in [-0.3, -0.25) is 0 Å². The van der Waals surface area contributed by atoms with Gasteiger partial charge < -0.3 is 4.74 Å². The Kier molecular flexibility index (Phi) is 3.97. The number of aryl methyl sites for hydroxylation is 3. The molecule has 2 rings (SSSR count). The number of nitrogens with zero attached hydrogens (tertiary/aromatic N) is 3. The molecule has 0 aliphatic rings. The van der Waals surface area contributed by atoms with Crippen LogP contribution in [0.5, 0.6) is 5.75 Å². The summed E-state index contributed by atoms with van der Waals surface area (Å²) < 4.78 is 7.69. The summed E-state index contributed by atoms with van der Waals surface area (Å²) in [4.78, 5) is 4.22. The van der Waals surface area contributed by atoms with Gasteiger partial charge in [-0.2, -0.15) is 5.10 Å². The van der Waals surface area contributed by atoms with E-state index in [2.05, 4.69) is 43.0 Å². The standard InChI is InChI=1S/C14H19N3O/c1-4-7-17-14(15-10-16-17)9-18-13-6-5-11(2)8-12(13)3/h5-6,8,10H,4,7,9H2,1-3H3. The molecule has 0 bridgehead atoms. The fraction of sp³-hybridized carbons (Fsp3) is 0.429. The first-order valence-corrected chi connectivity index (χ1v) is 6.27. The highest BCUT2D eigenvalue weighted by atomic mass is 16.5. The lowest BCUT2D eigenvalue weighted by Crippen LogP contribution is -2.08. The van der Waals surface area contributed by atoms with Crippen molar-refractivity contribution in [3.63, 3.8) is 0 Å². The Morgan fingerprint density at radius 1 is 1.28 bits per heavy atom. The van der Waals surface area contributed by atoms with Crippen LogP contribution in [0.3, 0.4) is 0 Å². The molecule has 1 aromatic carbocycles. The molecular weight excluding hydrogens is 226 g/mol. The SMILES string of the molecule is CCCn1ncnc1COc1ccc(C)cc1C. The Balaban J connectivity index is 2.04. The van der Waals surface area contributed by atoms with Crippen LogP contribution in [0.15, 0.2) is 24.5 Å². The van der Waals surface area contributed by atoms with Crippen molar-refractivity contribution >= 4 is 0 Å². The number of benzene rings is 1. The third kappa shape index (κ3) is 2.88. The Hall–Kier alpha value is -1.84. The molecule has 18 heavy (non-hydrogen) atoms. The fourth-order valence-corrected chi connectivity index (χ4v) is 1.90. The Bertz CT molecular complexity index is 520. The molecule has 0 unspecified atom stereocenters. The van der Waals surface area contributed by atoms with Crippen molar-refractivity contribution in [2.45, 2.75) is 40.3 Å². The third-order valence-electron chi connectivity index (χ3n) is 2.82. The van der Waals surface area contributed by atoms with E-state index >= 15 is 0 Å². The number of rotatable bonds is 5. The van der Waals surface area contributed by atoms with Crippen LogP contribution in [0.2, 0.25) is 0 Å². The van der Waals surface area contributed by atoms with Gasteiger partial charge in [0.2, 0.25) is 0 Å². The Morgan fingerprint density at radius 3 is 2.83 bits per heavy atom. The summed E-state index contributed by atoms with van der Waals surface area (Å²) in [6.45, 7) is 7.60. The van der Waals surface area contributed by atoms with Crippen molar-refractivity contribution in [2.24, 2.45) is 0 Å². The summed E-state index contributed by atoms with van der Waals surface area (Å²) in [6.07, 6.45) is 2.62. The molecule has 96 valence electrons. The van der Waals surface area contributed by atoms with Crippen molar-refractivity contribution in [1.82, 2.24) is 14.8 Å². The first kappa shape index (κ1) is 12.6. The first-order chi connectivity index (χ1) is 8.70. The van der Waals surface area contributed by atoms with E-state index in [0.717, 1.165) is 30.1 Å². The van der Waals surface area contributed by atoms with Crippen molar-refractivity contribution in [3.8, 4) is 5.75 Å². The van der Waals surface area contributed by atoms with E-state index < -0.39 is 0 Å². The normalized spacial score (nSPS) is 10.6. The molecule has 0 radical (unpaired) electrons. The van der Waals surface area contributed by atoms with Crippen LogP contribution in [0.25, 0.3) is 0 Å². The molecule has 0 fully saturated rings. The monoisotopic (exact) mass is 245 g/mol. The predicted molar refractivity (Wildman–Crippen MR) is 70.6 cm³/mol. The van der Waals surface area contributed by atoms with Crippen molar-refractivity contribution in [2.75, 3.05) is 0 Å². The molecule has 1 heterocycles. The summed E-state index contributed by atoms with van der Waals surface area (Å²) in [6, 6.07) is 6.18. The zero-order chi connectivity index (χ0) is 13.0. The van der Waals surface area contributed by atoms with Gasteiger partial charge in [-0.1, -0.05) is 24.6 Å². The van der Waals surface area contributed by atoms with Crippen molar-refractivity contribution in [1.29, 1.82) is 0 Å². The molecule has 0 saturated heterocycles. The fourth-order valence-electron chi connectivity index (χ4n) is 1.90. The lowest BCUT2D eigenvalue weighted by Gasteiger charge is -2.10. The van der Waals surface area contributed by atoms with Crippen LogP contribution in [0.4, 0.5) is 0 Å². The molecule has 4 heteroatoms. The van der Waals surface area contributed by atoms with Gasteiger partial charge >= 0.3 is 0 Å². The smallest absolute Gasteiger partial charge is 0.164 e. The summed E-state index contributed by atoms with van der Waals surface area (Å²) in [7, 11) is 0. The summed E-state index contributed by atoms with van der Waals surface area (Å²) in [5, 5.41) is 4.18. The molecule has 0 N–H and O–H groups in total. The van der Waals surface area contributed by atoms with Crippen LogP contribution in [0.1, 0.15) is 30.3 Å². The number of ether oxygens (including phenoxy) is 1. The lowest BCUT2D eigenvalue weighted by atomic mass is 10.1. The van der Waals surface area contributed by atoms with Crippen molar-refractivity contribution in [3.05, 3.63) is 41.5 Å².